The number of Topliss-reactive ketones (excluding diaryl/α,β-unsaturated/α-hetero) is 1. The zero-order valence-electron chi connectivity index (χ0n) is 8.13. The van der Waals surface area contributed by atoms with Gasteiger partial charge in [-0.25, -0.2) is 0 Å². The summed E-state index contributed by atoms with van der Waals surface area (Å²) in [7, 11) is 0. The summed E-state index contributed by atoms with van der Waals surface area (Å²) in [4.78, 5) is 11.9. The van der Waals surface area contributed by atoms with Crippen LogP contribution in [0.1, 0.15) is 36.2 Å². The van der Waals surface area contributed by atoms with E-state index in [9.17, 15) is 4.79 Å². The number of carbonyl (C=O) groups excluding carboxylic acids is 1. The summed E-state index contributed by atoms with van der Waals surface area (Å²) >= 11 is 0. The van der Waals surface area contributed by atoms with Crippen LogP contribution in [0.15, 0.2) is 24.3 Å². The lowest BCUT2D eigenvalue weighted by atomic mass is 9.77. The molecule has 0 saturated heterocycles. The third-order valence-electron chi connectivity index (χ3n) is 2.90. The molecular weight excluding hydrogens is 161 g/mol. The first-order valence-corrected chi connectivity index (χ1v) is 4.74. The van der Waals surface area contributed by atoms with E-state index in [0.29, 0.717) is 5.78 Å². The molecule has 1 heteroatoms. The molecule has 68 valence electrons. The van der Waals surface area contributed by atoms with Gasteiger partial charge in [0, 0.05) is 11.0 Å². The van der Waals surface area contributed by atoms with E-state index in [1.807, 2.05) is 32.0 Å². The number of carbonyl (C=O) groups is 1. The van der Waals surface area contributed by atoms with E-state index in [-0.39, 0.29) is 5.41 Å². The standard InChI is InChI=1S/C12H14O/c1-12(2)8-7-9-5-3-4-6-10(9)11(12)13/h3-6H,7-8H2,1-2H3/i1+1. The fourth-order valence-corrected chi connectivity index (χ4v) is 1.89. The lowest BCUT2D eigenvalue weighted by Crippen LogP contribution is -2.30. The lowest BCUT2D eigenvalue weighted by molar-refractivity contribution is 0.0811. The summed E-state index contributed by atoms with van der Waals surface area (Å²) in [5, 5.41) is 0. The fourth-order valence-electron chi connectivity index (χ4n) is 1.89. The van der Waals surface area contributed by atoms with Gasteiger partial charge in [-0.05, 0) is 18.4 Å². The molecule has 1 nitrogen and oxygen atoms in total. The van der Waals surface area contributed by atoms with Crippen molar-refractivity contribution in [2.75, 3.05) is 0 Å². The molecule has 2 rings (SSSR count). The molecule has 1 unspecified atom stereocenters. The fraction of sp³-hybridized carbons (Fsp3) is 0.417. The van der Waals surface area contributed by atoms with Crippen molar-refractivity contribution in [2.24, 2.45) is 5.41 Å². The number of hydrogen-bond acceptors (Lipinski definition) is 1. The second kappa shape index (κ2) is 2.69. The van der Waals surface area contributed by atoms with Crippen LogP contribution in [0.25, 0.3) is 0 Å². The Bertz CT molecular complexity index is 350. The molecule has 0 aromatic heterocycles. The van der Waals surface area contributed by atoms with Gasteiger partial charge in [0.25, 0.3) is 0 Å². The molecule has 0 amide bonds. The van der Waals surface area contributed by atoms with Crippen LogP contribution in [-0.4, -0.2) is 5.78 Å². The van der Waals surface area contributed by atoms with E-state index >= 15 is 0 Å². The molecule has 1 aromatic rings. The predicted molar refractivity (Wildman–Crippen MR) is 52.9 cm³/mol. The normalized spacial score (nSPS) is 27.1. The highest BCUT2D eigenvalue weighted by atomic mass is 16.1. The van der Waals surface area contributed by atoms with Gasteiger partial charge in [0.15, 0.2) is 5.78 Å². The highest BCUT2D eigenvalue weighted by molar-refractivity contribution is 6.02. The van der Waals surface area contributed by atoms with Crippen molar-refractivity contribution in [3.05, 3.63) is 35.4 Å². The minimum atomic E-state index is -0.158. The Morgan fingerprint density at radius 3 is 2.69 bits per heavy atom. The molecule has 0 N–H and O–H groups in total. The predicted octanol–water partition coefficient (Wildman–Crippen LogP) is 2.84. The highest BCUT2D eigenvalue weighted by Gasteiger charge is 2.33. The third-order valence-corrected chi connectivity index (χ3v) is 2.90. The van der Waals surface area contributed by atoms with Crippen molar-refractivity contribution in [3.8, 4) is 0 Å². The Morgan fingerprint density at radius 1 is 1.23 bits per heavy atom. The molecule has 1 atom stereocenters. The molecule has 13 heavy (non-hydrogen) atoms. The van der Waals surface area contributed by atoms with Gasteiger partial charge in [-0.3, -0.25) is 4.79 Å². The molecule has 1 aliphatic rings. The second-order valence-corrected chi connectivity index (χ2v) is 4.37. The van der Waals surface area contributed by atoms with Crippen molar-refractivity contribution in [3.63, 3.8) is 0 Å². The van der Waals surface area contributed by atoms with Gasteiger partial charge in [0.05, 0.1) is 0 Å². The topological polar surface area (TPSA) is 17.1 Å². The summed E-state index contributed by atoms with van der Waals surface area (Å²) in [6.45, 7) is 4.07. The van der Waals surface area contributed by atoms with E-state index in [1.165, 1.54) is 5.56 Å². The Hall–Kier alpha value is -1.11. The maximum atomic E-state index is 11.9. The Kier molecular flexibility index (Phi) is 1.76. The lowest BCUT2D eigenvalue weighted by Gasteiger charge is -2.29. The Morgan fingerprint density at radius 2 is 1.92 bits per heavy atom. The van der Waals surface area contributed by atoms with Gasteiger partial charge in [-0.15, -0.1) is 0 Å². The Labute approximate surface area is 78.8 Å². The van der Waals surface area contributed by atoms with Crippen LogP contribution in [0.5, 0.6) is 0 Å². The van der Waals surface area contributed by atoms with Crippen molar-refractivity contribution < 1.29 is 4.79 Å². The molecule has 0 spiro atoms. The van der Waals surface area contributed by atoms with E-state index in [4.69, 9.17) is 0 Å². The van der Waals surface area contributed by atoms with Crippen LogP contribution in [0, 0.1) is 5.41 Å². The van der Waals surface area contributed by atoms with Gasteiger partial charge >= 0.3 is 0 Å². The minimum Gasteiger partial charge on any atom is -0.294 e. The summed E-state index contributed by atoms with van der Waals surface area (Å²) in [6, 6.07) is 7.95. The van der Waals surface area contributed by atoms with Gasteiger partial charge in [-0.1, -0.05) is 38.1 Å². The summed E-state index contributed by atoms with van der Waals surface area (Å²) in [5.41, 5.74) is 1.99. The van der Waals surface area contributed by atoms with E-state index in [0.717, 1.165) is 18.4 Å². The first kappa shape index (κ1) is 8.49. The summed E-state index contributed by atoms with van der Waals surface area (Å²) < 4.78 is 0. The molecule has 0 saturated carbocycles. The van der Waals surface area contributed by atoms with Crippen LogP contribution in [0.3, 0.4) is 0 Å². The molecule has 0 bridgehead atoms. The molecule has 0 radical (unpaired) electrons. The highest BCUT2D eigenvalue weighted by Crippen LogP contribution is 2.34. The van der Waals surface area contributed by atoms with Crippen molar-refractivity contribution in [2.45, 2.75) is 26.7 Å². The van der Waals surface area contributed by atoms with Gasteiger partial charge < -0.3 is 0 Å². The summed E-state index contributed by atoms with van der Waals surface area (Å²) in [5.74, 6) is 0.300. The number of ketones is 1. The van der Waals surface area contributed by atoms with Crippen LogP contribution < -0.4 is 0 Å². The van der Waals surface area contributed by atoms with Crippen LogP contribution in [0.4, 0.5) is 0 Å². The van der Waals surface area contributed by atoms with E-state index < -0.39 is 0 Å². The number of fused-ring (bicyclic) bond motifs is 1. The number of aryl methyl sites for hydroxylation is 1. The first-order valence-electron chi connectivity index (χ1n) is 4.74. The van der Waals surface area contributed by atoms with E-state index in [2.05, 4.69) is 6.07 Å². The average molecular weight is 175 g/mol. The van der Waals surface area contributed by atoms with Gasteiger partial charge in [0.1, 0.15) is 0 Å². The monoisotopic (exact) mass is 175 g/mol. The number of rotatable bonds is 0. The number of hydrogen-bond donors (Lipinski definition) is 0. The molecule has 1 aliphatic carbocycles. The van der Waals surface area contributed by atoms with Gasteiger partial charge in [0.2, 0.25) is 0 Å². The zero-order chi connectivity index (χ0) is 9.47. The third kappa shape index (κ3) is 1.28. The molecule has 0 aliphatic heterocycles. The molecule has 1 aromatic carbocycles. The van der Waals surface area contributed by atoms with Crippen molar-refractivity contribution >= 4 is 5.78 Å². The molecule has 0 fully saturated rings. The van der Waals surface area contributed by atoms with E-state index in [1.54, 1.807) is 0 Å². The summed E-state index contributed by atoms with van der Waals surface area (Å²) in [6.07, 6.45) is 2.01. The molecular formula is C12H14O. The van der Waals surface area contributed by atoms with Crippen molar-refractivity contribution in [1.82, 2.24) is 0 Å². The Balaban J connectivity index is 2.52. The van der Waals surface area contributed by atoms with Crippen LogP contribution in [0.2, 0.25) is 0 Å². The quantitative estimate of drug-likeness (QED) is 0.554. The van der Waals surface area contributed by atoms with Gasteiger partial charge in [-0.2, -0.15) is 0 Å². The SMILES string of the molecule is CC1([13CH3])CCc2ccccc2C1=O. The molecule has 0 heterocycles. The van der Waals surface area contributed by atoms with Crippen LogP contribution >= 0.6 is 0 Å². The van der Waals surface area contributed by atoms with Crippen LogP contribution in [-0.2, 0) is 6.42 Å². The number of benzene rings is 1. The maximum Gasteiger partial charge on any atom is 0.168 e. The maximum absolute atomic E-state index is 11.9. The zero-order valence-corrected chi connectivity index (χ0v) is 8.13. The minimum absolute atomic E-state index is 0.158. The average Bonchev–Trinajstić information content (AvgIpc) is 2.13. The second-order valence-electron chi connectivity index (χ2n) is 4.37. The first-order chi connectivity index (χ1) is 6.11. The van der Waals surface area contributed by atoms with Crippen molar-refractivity contribution in [1.29, 1.82) is 0 Å². The smallest absolute Gasteiger partial charge is 0.168 e. The largest absolute Gasteiger partial charge is 0.294 e.